The van der Waals surface area contributed by atoms with E-state index in [9.17, 15) is 4.79 Å². The van der Waals surface area contributed by atoms with E-state index in [0.717, 1.165) is 18.2 Å². The van der Waals surface area contributed by atoms with E-state index in [2.05, 4.69) is 41.4 Å². The lowest BCUT2D eigenvalue weighted by atomic mass is 9.96. The van der Waals surface area contributed by atoms with E-state index >= 15 is 0 Å². The highest BCUT2D eigenvalue weighted by molar-refractivity contribution is 5.74. The number of nitrogens with two attached hydrogens (primary N) is 1. The van der Waals surface area contributed by atoms with Gasteiger partial charge in [0.15, 0.2) is 0 Å². The van der Waals surface area contributed by atoms with Crippen LogP contribution in [0.15, 0.2) is 6.07 Å². The number of aromatic nitrogens is 2. The lowest BCUT2D eigenvalue weighted by Crippen LogP contribution is -2.25. The highest BCUT2D eigenvalue weighted by atomic mass is 16.1. The number of hydrogen-bond acceptors (Lipinski definition) is 5. The molecule has 1 aromatic heterocycles. The highest BCUT2D eigenvalue weighted by Crippen LogP contribution is 2.22. The summed E-state index contributed by atoms with van der Waals surface area (Å²) in [6, 6.07) is 1.78. The second-order valence-electron chi connectivity index (χ2n) is 5.96. The van der Waals surface area contributed by atoms with Gasteiger partial charge in [-0.1, -0.05) is 20.8 Å². The number of nitrogens with one attached hydrogen (secondary N) is 2. The summed E-state index contributed by atoms with van der Waals surface area (Å²) in [5, 5.41) is 6.38. The Balaban J connectivity index is 2.99. The molecule has 4 N–H and O–H groups in total. The molecule has 0 bridgehead atoms. The molecular weight excluding hydrogens is 254 g/mol. The second kappa shape index (κ2) is 6.54. The van der Waals surface area contributed by atoms with Crippen LogP contribution >= 0.6 is 0 Å². The van der Waals surface area contributed by atoms with Crippen molar-refractivity contribution < 1.29 is 4.79 Å². The minimum absolute atomic E-state index is 0.0651. The molecule has 0 spiro atoms. The van der Waals surface area contributed by atoms with Gasteiger partial charge in [0.05, 0.1) is 0 Å². The van der Waals surface area contributed by atoms with Crippen LogP contribution in [0.1, 0.15) is 46.9 Å². The van der Waals surface area contributed by atoms with Gasteiger partial charge in [0.25, 0.3) is 0 Å². The predicted octanol–water partition coefficient (Wildman–Crippen LogP) is 1.88. The Kier molecular flexibility index (Phi) is 5.30. The number of rotatable bonds is 6. The third kappa shape index (κ3) is 5.03. The molecule has 1 rings (SSSR count). The van der Waals surface area contributed by atoms with Gasteiger partial charge in [-0.25, -0.2) is 9.97 Å². The number of carbonyl (C=O) groups excluding carboxylic acids is 1. The molecule has 0 fully saturated rings. The standard InChI is InChI=1S/C14H25N5O/c1-6-16-11-8-12(17-9(2)7-10(15)20)19-13(18-11)14(3,4)5/h8-9H,6-7H2,1-5H3,(H2,15,20)(H2,16,17,18,19). The molecule has 0 saturated heterocycles. The third-order valence-corrected chi connectivity index (χ3v) is 2.66. The fourth-order valence-corrected chi connectivity index (χ4v) is 1.73. The molecule has 1 unspecified atom stereocenters. The third-order valence-electron chi connectivity index (χ3n) is 2.66. The first-order valence-corrected chi connectivity index (χ1v) is 6.90. The summed E-state index contributed by atoms with van der Waals surface area (Å²) < 4.78 is 0. The molecule has 0 aromatic carbocycles. The van der Waals surface area contributed by atoms with Crippen LogP contribution < -0.4 is 16.4 Å². The van der Waals surface area contributed by atoms with Gasteiger partial charge < -0.3 is 16.4 Å². The molecule has 1 amide bonds. The summed E-state index contributed by atoms with van der Waals surface area (Å²) in [5.74, 6) is 1.91. The molecule has 1 heterocycles. The summed E-state index contributed by atoms with van der Waals surface area (Å²) >= 11 is 0. The van der Waals surface area contributed by atoms with E-state index < -0.39 is 0 Å². The molecule has 0 aliphatic carbocycles. The van der Waals surface area contributed by atoms with Crippen LogP contribution in [0.3, 0.4) is 0 Å². The van der Waals surface area contributed by atoms with Gasteiger partial charge in [-0.05, 0) is 13.8 Å². The summed E-state index contributed by atoms with van der Waals surface area (Å²) in [6.45, 7) is 10.9. The van der Waals surface area contributed by atoms with Gasteiger partial charge in [0, 0.05) is 30.5 Å². The first-order chi connectivity index (χ1) is 9.22. The molecule has 6 heteroatoms. The van der Waals surface area contributed by atoms with E-state index in [-0.39, 0.29) is 23.8 Å². The minimum atomic E-state index is -0.331. The smallest absolute Gasteiger partial charge is 0.219 e. The summed E-state index contributed by atoms with van der Waals surface area (Å²) in [6.07, 6.45) is 0.269. The lowest BCUT2D eigenvalue weighted by molar-refractivity contribution is -0.118. The van der Waals surface area contributed by atoms with Crippen molar-refractivity contribution >= 4 is 17.5 Å². The van der Waals surface area contributed by atoms with Crippen molar-refractivity contribution in [2.45, 2.75) is 52.5 Å². The van der Waals surface area contributed by atoms with E-state index in [1.165, 1.54) is 0 Å². The van der Waals surface area contributed by atoms with E-state index in [4.69, 9.17) is 5.73 Å². The van der Waals surface area contributed by atoms with Crippen LogP contribution in [-0.2, 0) is 10.2 Å². The summed E-state index contributed by atoms with van der Waals surface area (Å²) in [4.78, 5) is 20.0. The molecule has 0 aliphatic rings. The molecule has 6 nitrogen and oxygen atoms in total. The van der Waals surface area contributed by atoms with Crippen molar-refractivity contribution in [3.05, 3.63) is 11.9 Å². The first kappa shape index (κ1) is 16.2. The maximum absolute atomic E-state index is 10.9. The zero-order valence-corrected chi connectivity index (χ0v) is 12.9. The molecule has 0 aliphatic heterocycles. The van der Waals surface area contributed by atoms with Crippen molar-refractivity contribution in [3.8, 4) is 0 Å². The zero-order valence-electron chi connectivity index (χ0n) is 12.9. The van der Waals surface area contributed by atoms with Gasteiger partial charge in [-0.3, -0.25) is 4.79 Å². The minimum Gasteiger partial charge on any atom is -0.370 e. The van der Waals surface area contributed by atoms with Gasteiger partial charge in [0.1, 0.15) is 17.5 Å². The van der Waals surface area contributed by atoms with Crippen molar-refractivity contribution in [1.82, 2.24) is 9.97 Å². The van der Waals surface area contributed by atoms with E-state index in [1.807, 2.05) is 19.9 Å². The number of nitrogens with zero attached hydrogens (tertiary/aromatic N) is 2. The fraction of sp³-hybridized carbons (Fsp3) is 0.643. The number of hydrogen-bond donors (Lipinski definition) is 3. The van der Waals surface area contributed by atoms with Crippen molar-refractivity contribution in [1.29, 1.82) is 0 Å². The van der Waals surface area contributed by atoms with Crippen molar-refractivity contribution in [2.75, 3.05) is 17.2 Å². The summed E-state index contributed by atoms with van der Waals surface area (Å²) in [5.41, 5.74) is 5.06. The fourth-order valence-electron chi connectivity index (χ4n) is 1.73. The SMILES string of the molecule is CCNc1cc(NC(C)CC(N)=O)nc(C(C)(C)C)n1. The molecule has 112 valence electrons. The molecule has 1 atom stereocenters. The lowest BCUT2D eigenvalue weighted by Gasteiger charge is -2.20. The van der Waals surface area contributed by atoms with E-state index in [0.29, 0.717) is 5.82 Å². The average molecular weight is 279 g/mol. The highest BCUT2D eigenvalue weighted by Gasteiger charge is 2.19. The Morgan fingerprint density at radius 2 is 1.95 bits per heavy atom. The van der Waals surface area contributed by atoms with Crippen molar-refractivity contribution in [3.63, 3.8) is 0 Å². The van der Waals surface area contributed by atoms with Crippen LogP contribution in [0, 0.1) is 0 Å². The molecular formula is C14H25N5O. The van der Waals surface area contributed by atoms with Crippen LogP contribution in [-0.4, -0.2) is 28.5 Å². The first-order valence-electron chi connectivity index (χ1n) is 6.90. The van der Waals surface area contributed by atoms with Crippen LogP contribution in [0.5, 0.6) is 0 Å². The van der Waals surface area contributed by atoms with Gasteiger partial charge in [-0.15, -0.1) is 0 Å². The van der Waals surface area contributed by atoms with Crippen molar-refractivity contribution in [2.24, 2.45) is 5.73 Å². The Morgan fingerprint density at radius 3 is 2.45 bits per heavy atom. The monoisotopic (exact) mass is 279 g/mol. The Morgan fingerprint density at radius 1 is 1.35 bits per heavy atom. The second-order valence-corrected chi connectivity index (χ2v) is 5.96. The molecule has 0 saturated carbocycles. The topological polar surface area (TPSA) is 92.9 Å². The maximum atomic E-state index is 10.9. The number of primary amides is 1. The maximum Gasteiger partial charge on any atom is 0.219 e. The van der Waals surface area contributed by atoms with Crippen LogP contribution in [0.2, 0.25) is 0 Å². The predicted molar refractivity (Wildman–Crippen MR) is 81.8 cm³/mol. The molecule has 20 heavy (non-hydrogen) atoms. The molecule has 1 aromatic rings. The van der Waals surface area contributed by atoms with Gasteiger partial charge in [0.2, 0.25) is 5.91 Å². The molecule has 0 radical (unpaired) electrons. The Bertz CT molecular complexity index is 467. The van der Waals surface area contributed by atoms with E-state index in [1.54, 1.807) is 0 Å². The van der Waals surface area contributed by atoms with Gasteiger partial charge in [-0.2, -0.15) is 0 Å². The number of anilines is 2. The zero-order chi connectivity index (χ0) is 15.3. The Labute approximate surface area is 120 Å². The number of carbonyl (C=O) groups is 1. The normalized spacial score (nSPS) is 12.8. The Hall–Kier alpha value is -1.85. The quantitative estimate of drug-likeness (QED) is 0.739. The number of amides is 1. The largest absolute Gasteiger partial charge is 0.370 e. The van der Waals surface area contributed by atoms with Gasteiger partial charge >= 0.3 is 0 Å². The van der Waals surface area contributed by atoms with Crippen LogP contribution in [0.25, 0.3) is 0 Å². The van der Waals surface area contributed by atoms with Crippen LogP contribution in [0.4, 0.5) is 11.6 Å². The average Bonchev–Trinajstić information content (AvgIpc) is 2.26. The summed E-state index contributed by atoms with van der Waals surface area (Å²) in [7, 11) is 0.